The molecule has 4 N–H and O–H groups in total. The van der Waals surface area contributed by atoms with Gasteiger partial charge < -0.3 is 21.3 Å². The molecule has 7 nitrogen and oxygen atoms in total. The molecule has 168 valence electrons. The summed E-state index contributed by atoms with van der Waals surface area (Å²) in [6, 6.07) is 6.46. The fourth-order valence-corrected chi connectivity index (χ4v) is 5.71. The Morgan fingerprint density at radius 2 is 2.12 bits per heavy atom. The largest absolute Gasteiger partial charge is 0.396 e. The number of nitrogens with one attached hydrogen (secondary N) is 2. The van der Waals surface area contributed by atoms with Crippen LogP contribution in [0.5, 0.6) is 0 Å². The molecule has 1 amide bonds. The van der Waals surface area contributed by atoms with Crippen LogP contribution in [0, 0.1) is 12.7 Å². The molecule has 2 aliphatic heterocycles. The van der Waals surface area contributed by atoms with Crippen molar-refractivity contribution in [3.8, 4) is 0 Å². The van der Waals surface area contributed by atoms with Gasteiger partial charge in [0.05, 0.1) is 11.4 Å². The molecule has 5 rings (SSSR count). The first-order chi connectivity index (χ1) is 15.4. The third-order valence-electron chi connectivity index (χ3n) is 6.43. The van der Waals surface area contributed by atoms with Crippen LogP contribution in [0.2, 0.25) is 0 Å². The number of aryl methyl sites for hydroxylation is 1. The first kappa shape index (κ1) is 21.1. The molecule has 0 spiro atoms. The molecule has 1 aromatic carbocycles. The summed E-state index contributed by atoms with van der Waals surface area (Å²) in [4.78, 5) is 24.7. The second-order valence-corrected chi connectivity index (χ2v) is 9.87. The number of nitrogens with two attached hydrogens (primary N) is 1. The number of hydrogen-bond donors (Lipinski definition) is 3. The molecule has 4 heterocycles. The maximum absolute atomic E-state index is 15.0. The average Bonchev–Trinajstić information content (AvgIpc) is 3.29. The van der Waals surface area contributed by atoms with Gasteiger partial charge in [0.15, 0.2) is 0 Å². The molecule has 9 heteroatoms. The molecule has 2 bridgehead atoms. The summed E-state index contributed by atoms with van der Waals surface area (Å²) in [6.45, 7) is 5.89. The Bertz CT molecular complexity index is 1170. The van der Waals surface area contributed by atoms with E-state index in [0.29, 0.717) is 45.1 Å². The molecular formula is C23H27FN6OS. The lowest BCUT2D eigenvalue weighted by Crippen LogP contribution is -2.51. The normalized spacial score (nSPS) is 21.2. The smallest absolute Gasteiger partial charge is 0.263 e. The van der Waals surface area contributed by atoms with Gasteiger partial charge in [-0.05, 0) is 37.5 Å². The van der Waals surface area contributed by atoms with E-state index in [0.717, 1.165) is 24.5 Å². The van der Waals surface area contributed by atoms with Crippen LogP contribution in [0.15, 0.2) is 24.4 Å². The lowest BCUT2D eigenvalue weighted by molar-refractivity contribution is 0.0956. The van der Waals surface area contributed by atoms with Gasteiger partial charge in [-0.1, -0.05) is 13.0 Å². The highest BCUT2D eigenvalue weighted by Crippen LogP contribution is 2.31. The molecule has 2 aromatic heterocycles. The van der Waals surface area contributed by atoms with Crippen LogP contribution in [-0.4, -0.2) is 47.6 Å². The molecule has 2 fully saturated rings. The van der Waals surface area contributed by atoms with Crippen molar-refractivity contribution in [2.45, 2.75) is 44.7 Å². The van der Waals surface area contributed by atoms with Crippen molar-refractivity contribution >= 4 is 39.0 Å². The molecule has 0 saturated carbocycles. The lowest BCUT2D eigenvalue weighted by Gasteiger charge is -2.34. The second kappa shape index (κ2) is 8.29. The van der Waals surface area contributed by atoms with Crippen LogP contribution in [0.1, 0.15) is 46.6 Å². The summed E-state index contributed by atoms with van der Waals surface area (Å²) < 4.78 is 15.0. The van der Waals surface area contributed by atoms with Crippen molar-refractivity contribution in [1.29, 1.82) is 0 Å². The predicted octanol–water partition coefficient (Wildman–Crippen LogP) is 3.20. The Hall–Kier alpha value is -2.78. The van der Waals surface area contributed by atoms with Crippen LogP contribution < -0.4 is 21.3 Å². The zero-order valence-electron chi connectivity index (χ0n) is 18.2. The molecule has 32 heavy (non-hydrogen) atoms. The van der Waals surface area contributed by atoms with Crippen molar-refractivity contribution in [3.05, 3.63) is 46.3 Å². The second-order valence-electron chi connectivity index (χ2n) is 8.87. The molecule has 2 aliphatic rings. The third-order valence-corrected chi connectivity index (χ3v) is 7.52. The van der Waals surface area contributed by atoms with Crippen molar-refractivity contribution in [2.24, 2.45) is 0 Å². The van der Waals surface area contributed by atoms with E-state index in [4.69, 9.17) is 5.73 Å². The van der Waals surface area contributed by atoms with Crippen molar-refractivity contribution < 1.29 is 9.18 Å². The molecule has 0 radical (unpaired) electrons. The SMILES string of the molecule is Cc1cnc2c(N)c(C(=O)NC[C@@H](C)c3ccc(N4CC5CCC(C4)N5)cc3F)sc2n1. The molecule has 2 unspecified atom stereocenters. The van der Waals surface area contributed by atoms with Gasteiger partial charge in [-0.25, -0.2) is 14.4 Å². The molecular weight excluding hydrogens is 427 g/mol. The van der Waals surface area contributed by atoms with Crippen LogP contribution in [-0.2, 0) is 0 Å². The van der Waals surface area contributed by atoms with Gasteiger partial charge in [-0.15, -0.1) is 11.3 Å². The van der Waals surface area contributed by atoms with E-state index in [1.54, 1.807) is 12.3 Å². The molecule has 0 aliphatic carbocycles. The quantitative estimate of drug-likeness (QED) is 0.548. The number of halogens is 1. The summed E-state index contributed by atoms with van der Waals surface area (Å²) in [6.07, 6.45) is 4.01. The van der Waals surface area contributed by atoms with E-state index in [1.165, 1.54) is 24.2 Å². The van der Waals surface area contributed by atoms with E-state index < -0.39 is 0 Å². The third kappa shape index (κ3) is 3.91. The fourth-order valence-electron chi connectivity index (χ4n) is 4.70. The van der Waals surface area contributed by atoms with Gasteiger partial charge in [-0.2, -0.15) is 0 Å². The summed E-state index contributed by atoms with van der Waals surface area (Å²) in [7, 11) is 0. The van der Waals surface area contributed by atoms with Gasteiger partial charge >= 0.3 is 0 Å². The van der Waals surface area contributed by atoms with E-state index in [-0.39, 0.29) is 17.6 Å². The zero-order valence-corrected chi connectivity index (χ0v) is 19.0. The minimum atomic E-state index is -0.287. The first-order valence-corrected chi connectivity index (χ1v) is 11.8. The number of piperazine rings is 1. The summed E-state index contributed by atoms with van der Waals surface area (Å²) in [5.41, 5.74) is 9.29. The Labute approximate surface area is 190 Å². The highest BCUT2D eigenvalue weighted by atomic mass is 32.1. The number of thiophene rings is 1. The van der Waals surface area contributed by atoms with Gasteiger partial charge in [0.1, 0.15) is 21.0 Å². The monoisotopic (exact) mass is 454 g/mol. The Morgan fingerprint density at radius 3 is 2.84 bits per heavy atom. The van der Waals surface area contributed by atoms with Crippen LogP contribution in [0.25, 0.3) is 10.3 Å². The number of nitrogens with zero attached hydrogens (tertiary/aromatic N) is 3. The van der Waals surface area contributed by atoms with Crippen LogP contribution in [0.3, 0.4) is 0 Å². The van der Waals surface area contributed by atoms with Crippen molar-refractivity contribution in [2.75, 3.05) is 30.3 Å². The summed E-state index contributed by atoms with van der Waals surface area (Å²) in [5, 5.41) is 6.49. The standard InChI is InChI=1S/C23H27FN6OS/c1-12(8-27-22(31)21-19(25)20-23(32-21)28-13(2)9-26-20)17-6-5-16(7-18(17)24)30-10-14-3-4-15(11-30)29-14/h5-7,9,12,14-15,29H,3-4,8,10-11,25H2,1-2H3,(H,27,31)/t12-,14?,15?/m1/s1. The van der Waals surface area contributed by atoms with Crippen LogP contribution in [0.4, 0.5) is 15.8 Å². The van der Waals surface area contributed by atoms with E-state index in [2.05, 4.69) is 25.5 Å². The first-order valence-electron chi connectivity index (χ1n) is 11.0. The lowest BCUT2D eigenvalue weighted by atomic mass is 9.99. The topological polar surface area (TPSA) is 96.2 Å². The molecule has 3 aromatic rings. The van der Waals surface area contributed by atoms with Crippen molar-refractivity contribution in [1.82, 2.24) is 20.6 Å². The number of fused-ring (bicyclic) bond motifs is 3. The predicted molar refractivity (Wildman–Crippen MR) is 126 cm³/mol. The number of carbonyl (C=O) groups is 1. The number of hydrogen-bond acceptors (Lipinski definition) is 7. The van der Waals surface area contributed by atoms with E-state index >= 15 is 0 Å². The van der Waals surface area contributed by atoms with E-state index in [1.807, 2.05) is 26.0 Å². The van der Waals surface area contributed by atoms with Gasteiger partial charge in [0.25, 0.3) is 5.91 Å². The minimum absolute atomic E-state index is 0.179. The number of anilines is 2. The number of nitrogen functional groups attached to an aromatic ring is 1. The van der Waals surface area contributed by atoms with Crippen molar-refractivity contribution in [3.63, 3.8) is 0 Å². The maximum atomic E-state index is 15.0. The van der Waals surface area contributed by atoms with Crippen LogP contribution >= 0.6 is 11.3 Å². The van der Waals surface area contributed by atoms with E-state index in [9.17, 15) is 9.18 Å². The highest BCUT2D eigenvalue weighted by Gasteiger charge is 2.32. The Kier molecular flexibility index (Phi) is 5.46. The number of carbonyl (C=O) groups excluding carboxylic acids is 1. The Balaban J connectivity index is 1.25. The summed E-state index contributed by atoms with van der Waals surface area (Å²) >= 11 is 1.22. The number of aromatic nitrogens is 2. The summed E-state index contributed by atoms with van der Waals surface area (Å²) in [5.74, 6) is -0.702. The number of rotatable bonds is 5. The molecule has 2 saturated heterocycles. The Morgan fingerprint density at radius 1 is 1.38 bits per heavy atom. The zero-order chi connectivity index (χ0) is 22.4. The van der Waals surface area contributed by atoms with Gasteiger partial charge in [-0.3, -0.25) is 4.79 Å². The minimum Gasteiger partial charge on any atom is -0.396 e. The fraction of sp³-hybridized carbons (Fsp3) is 0.435. The highest BCUT2D eigenvalue weighted by molar-refractivity contribution is 7.21. The number of benzene rings is 1. The average molecular weight is 455 g/mol. The number of amides is 1. The molecule has 3 atom stereocenters. The van der Waals surface area contributed by atoms with Gasteiger partial charge in [0.2, 0.25) is 0 Å². The maximum Gasteiger partial charge on any atom is 0.263 e. The van der Waals surface area contributed by atoms with Gasteiger partial charge in [0, 0.05) is 49.5 Å².